The zero-order chi connectivity index (χ0) is 21.7. The molecule has 1 unspecified atom stereocenters. The monoisotopic (exact) mass is 420 g/mol. The Kier molecular flexibility index (Phi) is 6.71. The molecule has 0 saturated carbocycles. The molecule has 1 saturated heterocycles. The van der Waals surface area contributed by atoms with Crippen molar-refractivity contribution in [3.05, 3.63) is 71.3 Å². The van der Waals surface area contributed by atoms with Gasteiger partial charge in [0.15, 0.2) is 0 Å². The van der Waals surface area contributed by atoms with E-state index in [9.17, 15) is 9.59 Å². The number of carbonyl (C=O) groups excluding carboxylic acids is 1. The van der Waals surface area contributed by atoms with Gasteiger partial charge in [0.05, 0.1) is 6.42 Å². The SMILES string of the molecule is O=C(O)CCC(=O)N1Cc2ccccc2CC2(CCCCN2CCc2ccccc2)C1. The summed E-state index contributed by atoms with van der Waals surface area (Å²) in [6, 6.07) is 19.0. The van der Waals surface area contributed by atoms with E-state index in [4.69, 9.17) is 5.11 Å². The predicted octanol–water partition coefficient (Wildman–Crippen LogP) is 3.90. The lowest BCUT2D eigenvalue weighted by Crippen LogP contribution is -2.59. The Morgan fingerprint density at radius 2 is 1.68 bits per heavy atom. The maximum absolute atomic E-state index is 13.0. The summed E-state index contributed by atoms with van der Waals surface area (Å²) in [5.74, 6) is -0.965. The maximum atomic E-state index is 13.0. The van der Waals surface area contributed by atoms with Gasteiger partial charge in [0.25, 0.3) is 0 Å². The standard InChI is InChI=1S/C26H32N2O3/c29-24(12-13-25(30)31)27-19-23-11-5-4-10-22(23)18-26(20-27)15-6-7-16-28(26)17-14-21-8-2-1-3-9-21/h1-5,8-11H,6-7,12-20H2,(H,30,31). The van der Waals surface area contributed by atoms with Crippen LogP contribution in [-0.4, -0.2) is 52.0 Å². The lowest BCUT2D eigenvalue weighted by molar-refractivity contribution is -0.142. The highest BCUT2D eigenvalue weighted by molar-refractivity contribution is 5.81. The van der Waals surface area contributed by atoms with Crippen LogP contribution in [0.5, 0.6) is 0 Å². The molecular formula is C26H32N2O3. The Hall–Kier alpha value is -2.66. The van der Waals surface area contributed by atoms with Crippen molar-refractivity contribution in [2.45, 2.75) is 57.0 Å². The lowest BCUT2D eigenvalue weighted by Gasteiger charge is -2.49. The second-order valence-corrected chi connectivity index (χ2v) is 8.99. The summed E-state index contributed by atoms with van der Waals surface area (Å²) < 4.78 is 0. The molecular weight excluding hydrogens is 388 g/mol. The van der Waals surface area contributed by atoms with Gasteiger partial charge in [0.2, 0.25) is 5.91 Å². The summed E-state index contributed by atoms with van der Waals surface area (Å²) in [5.41, 5.74) is 3.77. The second kappa shape index (κ2) is 9.65. The van der Waals surface area contributed by atoms with Crippen molar-refractivity contribution < 1.29 is 14.7 Å². The van der Waals surface area contributed by atoms with E-state index in [1.807, 2.05) is 11.0 Å². The fraction of sp³-hybridized carbons (Fsp3) is 0.462. The Morgan fingerprint density at radius 3 is 2.45 bits per heavy atom. The number of hydrogen-bond donors (Lipinski definition) is 1. The third kappa shape index (κ3) is 5.16. The van der Waals surface area contributed by atoms with Crippen molar-refractivity contribution in [1.29, 1.82) is 0 Å². The molecule has 1 atom stereocenters. The van der Waals surface area contributed by atoms with Crippen LogP contribution in [0.1, 0.15) is 48.8 Å². The number of nitrogens with zero attached hydrogens (tertiary/aromatic N) is 2. The second-order valence-electron chi connectivity index (χ2n) is 8.99. The smallest absolute Gasteiger partial charge is 0.303 e. The van der Waals surface area contributed by atoms with Gasteiger partial charge >= 0.3 is 5.97 Å². The molecule has 1 spiro atoms. The summed E-state index contributed by atoms with van der Waals surface area (Å²) in [7, 11) is 0. The van der Waals surface area contributed by atoms with Gasteiger partial charge in [-0.2, -0.15) is 0 Å². The zero-order valence-electron chi connectivity index (χ0n) is 18.1. The molecule has 1 N–H and O–H groups in total. The van der Waals surface area contributed by atoms with E-state index in [2.05, 4.69) is 53.4 Å². The van der Waals surface area contributed by atoms with Gasteiger partial charge < -0.3 is 10.0 Å². The third-order valence-electron chi connectivity index (χ3n) is 6.89. The molecule has 2 aliphatic heterocycles. The van der Waals surface area contributed by atoms with E-state index in [-0.39, 0.29) is 24.3 Å². The molecule has 1 fully saturated rings. The fourth-order valence-corrected chi connectivity index (χ4v) is 5.25. The number of carboxylic acid groups (broad SMARTS) is 1. The molecule has 1 amide bonds. The van der Waals surface area contributed by atoms with Crippen LogP contribution in [0, 0.1) is 0 Å². The van der Waals surface area contributed by atoms with Gasteiger partial charge in [-0.3, -0.25) is 14.5 Å². The van der Waals surface area contributed by atoms with Gasteiger partial charge in [0, 0.05) is 31.6 Å². The topological polar surface area (TPSA) is 60.9 Å². The molecule has 5 nitrogen and oxygen atoms in total. The minimum absolute atomic E-state index is 0.0490. The molecule has 2 aromatic carbocycles. The molecule has 5 heteroatoms. The molecule has 0 radical (unpaired) electrons. The molecule has 0 aromatic heterocycles. The molecule has 0 bridgehead atoms. The van der Waals surface area contributed by atoms with Crippen LogP contribution in [0.25, 0.3) is 0 Å². The average molecular weight is 421 g/mol. The summed E-state index contributed by atoms with van der Waals surface area (Å²) in [5, 5.41) is 9.06. The zero-order valence-corrected chi connectivity index (χ0v) is 18.1. The molecule has 4 rings (SSSR count). The van der Waals surface area contributed by atoms with Gasteiger partial charge in [-0.05, 0) is 48.9 Å². The Labute approximate surface area is 184 Å². The first-order valence-corrected chi connectivity index (χ1v) is 11.4. The number of hydrogen-bond acceptors (Lipinski definition) is 3. The van der Waals surface area contributed by atoms with E-state index >= 15 is 0 Å². The third-order valence-corrected chi connectivity index (χ3v) is 6.89. The highest BCUT2D eigenvalue weighted by Crippen LogP contribution is 2.36. The van der Waals surface area contributed by atoms with Crippen molar-refractivity contribution in [2.75, 3.05) is 19.6 Å². The first kappa shape index (κ1) is 21.6. The maximum Gasteiger partial charge on any atom is 0.303 e. The van der Waals surface area contributed by atoms with Crippen LogP contribution < -0.4 is 0 Å². The van der Waals surface area contributed by atoms with E-state index < -0.39 is 5.97 Å². The summed E-state index contributed by atoms with van der Waals surface area (Å²) in [4.78, 5) is 28.6. The number of fused-ring (bicyclic) bond motifs is 1. The summed E-state index contributed by atoms with van der Waals surface area (Å²) in [6.45, 7) is 3.27. The predicted molar refractivity (Wildman–Crippen MR) is 121 cm³/mol. The average Bonchev–Trinajstić information content (AvgIpc) is 2.94. The minimum Gasteiger partial charge on any atom is -0.481 e. The number of carbonyl (C=O) groups is 2. The van der Waals surface area contributed by atoms with E-state index in [0.717, 1.165) is 32.4 Å². The molecule has 2 aromatic rings. The van der Waals surface area contributed by atoms with Gasteiger partial charge in [-0.25, -0.2) is 0 Å². The Bertz CT molecular complexity index is 914. The number of aliphatic carboxylic acids is 1. The van der Waals surface area contributed by atoms with E-state index in [1.54, 1.807) is 0 Å². The number of piperidine rings is 1. The van der Waals surface area contributed by atoms with Gasteiger partial charge in [0.1, 0.15) is 0 Å². The Balaban J connectivity index is 1.60. The molecule has 0 aliphatic carbocycles. The quantitative estimate of drug-likeness (QED) is 0.770. The normalized spacial score (nSPS) is 21.5. The van der Waals surface area contributed by atoms with Crippen molar-refractivity contribution >= 4 is 11.9 Å². The molecule has 164 valence electrons. The van der Waals surface area contributed by atoms with Crippen LogP contribution in [0.15, 0.2) is 54.6 Å². The fourth-order valence-electron chi connectivity index (χ4n) is 5.25. The first-order valence-electron chi connectivity index (χ1n) is 11.4. The van der Waals surface area contributed by atoms with E-state index in [1.165, 1.54) is 29.5 Å². The van der Waals surface area contributed by atoms with Crippen LogP contribution >= 0.6 is 0 Å². The van der Waals surface area contributed by atoms with Crippen LogP contribution in [0.3, 0.4) is 0 Å². The van der Waals surface area contributed by atoms with Crippen molar-refractivity contribution in [2.24, 2.45) is 0 Å². The first-order chi connectivity index (χ1) is 15.1. The van der Waals surface area contributed by atoms with E-state index in [0.29, 0.717) is 13.1 Å². The molecule has 31 heavy (non-hydrogen) atoms. The van der Waals surface area contributed by atoms with Crippen molar-refractivity contribution in [3.8, 4) is 0 Å². The minimum atomic E-state index is -0.916. The number of rotatable bonds is 6. The Morgan fingerprint density at radius 1 is 0.935 bits per heavy atom. The number of benzene rings is 2. The van der Waals surface area contributed by atoms with Crippen LogP contribution in [0.2, 0.25) is 0 Å². The van der Waals surface area contributed by atoms with Crippen molar-refractivity contribution in [3.63, 3.8) is 0 Å². The number of carboxylic acids is 1. The largest absolute Gasteiger partial charge is 0.481 e. The van der Waals surface area contributed by atoms with Gasteiger partial charge in [-0.1, -0.05) is 61.0 Å². The summed E-state index contributed by atoms with van der Waals surface area (Å²) in [6.07, 6.45) is 5.32. The van der Waals surface area contributed by atoms with Gasteiger partial charge in [-0.15, -0.1) is 0 Å². The van der Waals surface area contributed by atoms with Crippen LogP contribution in [0.4, 0.5) is 0 Å². The lowest BCUT2D eigenvalue weighted by atomic mass is 9.80. The number of likely N-dealkylation sites (tertiary alicyclic amines) is 1. The highest BCUT2D eigenvalue weighted by Gasteiger charge is 2.43. The summed E-state index contributed by atoms with van der Waals surface area (Å²) >= 11 is 0. The molecule has 2 heterocycles. The van der Waals surface area contributed by atoms with Crippen LogP contribution in [-0.2, 0) is 29.0 Å². The highest BCUT2D eigenvalue weighted by atomic mass is 16.4. The van der Waals surface area contributed by atoms with Crippen molar-refractivity contribution in [1.82, 2.24) is 9.80 Å². The number of amides is 1. The molecule has 2 aliphatic rings.